The number of methoxy groups -OCH3 is 1. The molecule has 0 aliphatic heterocycles. The number of hydrogen-bond acceptors (Lipinski definition) is 4. The third-order valence-corrected chi connectivity index (χ3v) is 2.72. The van der Waals surface area contributed by atoms with E-state index in [2.05, 4.69) is 4.74 Å². The summed E-state index contributed by atoms with van der Waals surface area (Å²) < 4.78 is 5.61. The molecule has 1 heterocycles. The Bertz CT molecular complexity index is 548. The van der Waals surface area contributed by atoms with Crippen molar-refractivity contribution in [2.45, 2.75) is 12.5 Å². The predicted molar refractivity (Wildman–Crippen MR) is 62.8 cm³/mol. The molecule has 17 heavy (non-hydrogen) atoms. The van der Waals surface area contributed by atoms with Gasteiger partial charge in [-0.2, -0.15) is 4.73 Å². The minimum absolute atomic E-state index is 0.334. The molecule has 1 atom stereocenters. The Morgan fingerprint density at radius 2 is 2.24 bits per heavy atom. The lowest BCUT2D eigenvalue weighted by molar-refractivity contribution is -0.142. The summed E-state index contributed by atoms with van der Waals surface area (Å²) in [6.45, 7) is 0. The highest BCUT2D eigenvalue weighted by Crippen LogP contribution is 2.21. The Hall–Kier alpha value is -2.01. The summed E-state index contributed by atoms with van der Waals surface area (Å²) in [7, 11) is 1.30. The van der Waals surface area contributed by atoms with Crippen LogP contribution < -0.4 is 5.73 Å². The molecule has 1 unspecified atom stereocenters. The summed E-state index contributed by atoms with van der Waals surface area (Å²) in [5, 5.41) is 10.5. The van der Waals surface area contributed by atoms with Gasteiger partial charge in [-0.05, 0) is 11.6 Å². The molecule has 0 fully saturated rings. The first-order valence-corrected chi connectivity index (χ1v) is 5.25. The quantitative estimate of drug-likeness (QED) is 0.611. The topological polar surface area (TPSA) is 77.5 Å². The second-order valence-corrected chi connectivity index (χ2v) is 3.85. The molecule has 0 spiro atoms. The van der Waals surface area contributed by atoms with Gasteiger partial charge in [0.2, 0.25) is 0 Å². The molecule has 5 heteroatoms. The van der Waals surface area contributed by atoms with Gasteiger partial charge < -0.3 is 15.7 Å². The summed E-state index contributed by atoms with van der Waals surface area (Å²) in [5.74, 6) is -0.459. The molecule has 0 amide bonds. The van der Waals surface area contributed by atoms with Gasteiger partial charge >= 0.3 is 5.97 Å². The van der Waals surface area contributed by atoms with E-state index in [1.165, 1.54) is 7.11 Å². The minimum Gasteiger partial charge on any atom is -0.468 e. The van der Waals surface area contributed by atoms with E-state index in [-0.39, 0.29) is 0 Å². The number of para-hydroxylation sites is 1. The zero-order valence-corrected chi connectivity index (χ0v) is 9.46. The minimum atomic E-state index is -0.717. The normalized spacial score (nSPS) is 12.6. The van der Waals surface area contributed by atoms with Crippen LogP contribution in [0.15, 0.2) is 30.5 Å². The number of fused-ring (bicyclic) bond motifs is 1. The fourth-order valence-electron chi connectivity index (χ4n) is 1.87. The Labute approximate surface area is 98.4 Å². The molecule has 5 nitrogen and oxygen atoms in total. The lowest BCUT2D eigenvalue weighted by atomic mass is 10.1. The second-order valence-electron chi connectivity index (χ2n) is 3.85. The van der Waals surface area contributed by atoms with Crippen molar-refractivity contribution < 1.29 is 14.7 Å². The molecule has 0 radical (unpaired) electrons. The van der Waals surface area contributed by atoms with E-state index in [9.17, 15) is 10.0 Å². The van der Waals surface area contributed by atoms with Crippen LogP contribution in [0.1, 0.15) is 5.56 Å². The number of esters is 1. The number of rotatable bonds is 3. The highest BCUT2D eigenvalue weighted by molar-refractivity contribution is 5.85. The second kappa shape index (κ2) is 4.47. The lowest BCUT2D eigenvalue weighted by Crippen LogP contribution is -2.33. The number of benzene rings is 1. The van der Waals surface area contributed by atoms with Crippen molar-refractivity contribution in [3.63, 3.8) is 0 Å². The van der Waals surface area contributed by atoms with Gasteiger partial charge in [-0.25, -0.2) is 0 Å². The van der Waals surface area contributed by atoms with Crippen molar-refractivity contribution >= 4 is 16.9 Å². The molecule has 0 saturated heterocycles. The van der Waals surface area contributed by atoms with Gasteiger partial charge in [-0.15, -0.1) is 0 Å². The zero-order chi connectivity index (χ0) is 12.4. The van der Waals surface area contributed by atoms with Gasteiger partial charge in [-0.1, -0.05) is 18.2 Å². The van der Waals surface area contributed by atoms with Crippen LogP contribution in [0.2, 0.25) is 0 Å². The highest BCUT2D eigenvalue weighted by Gasteiger charge is 2.17. The largest absolute Gasteiger partial charge is 0.468 e. The third kappa shape index (κ3) is 2.09. The van der Waals surface area contributed by atoms with E-state index < -0.39 is 12.0 Å². The van der Waals surface area contributed by atoms with E-state index in [0.717, 1.165) is 15.7 Å². The fourth-order valence-corrected chi connectivity index (χ4v) is 1.87. The van der Waals surface area contributed by atoms with Crippen molar-refractivity contribution in [1.29, 1.82) is 0 Å². The number of nitrogens with zero attached hydrogens (tertiary/aromatic N) is 1. The maximum absolute atomic E-state index is 11.2. The van der Waals surface area contributed by atoms with Crippen LogP contribution in [0.5, 0.6) is 0 Å². The summed E-state index contributed by atoms with van der Waals surface area (Å²) >= 11 is 0. The average molecular weight is 234 g/mol. The smallest absolute Gasteiger partial charge is 0.322 e. The molecule has 0 aliphatic carbocycles. The van der Waals surface area contributed by atoms with Crippen molar-refractivity contribution in [2.75, 3.05) is 7.11 Å². The van der Waals surface area contributed by atoms with Gasteiger partial charge in [0.05, 0.1) is 12.6 Å². The molecule has 2 rings (SSSR count). The summed E-state index contributed by atoms with van der Waals surface area (Å²) in [5.41, 5.74) is 7.21. The van der Waals surface area contributed by atoms with Crippen LogP contribution in [-0.2, 0) is 16.0 Å². The van der Waals surface area contributed by atoms with Crippen LogP contribution in [0.25, 0.3) is 10.9 Å². The first-order valence-electron chi connectivity index (χ1n) is 5.25. The average Bonchev–Trinajstić information content (AvgIpc) is 2.66. The van der Waals surface area contributed by atoms with Crippen molar-refractivity contribution in [1.82, 2.24) is 4.73 Å². The van der Waals surface area contributed by atoms with E-state index >= 15 is 0 Å². The molecular weight excluding hydrogens is 220 g/mol. The van der Waals surface area contributed by atoms with Crippen molar-refractivity contribution in [3.8, 4) is 0 Å². The third-order valence-electron chi connectivity index (χ3n) is 2.72. The summed E-state index contributed by atoms with van der Waals surface area (Å²) in [4.78, 5) is 11.2. The SMILES string of the molecule is COC(=O)C(N)Cc1cn(O)c2ccccc12. The number of aromatic nitrogens is 1. The molecule has 1 aromatic carbocycles. The molecule has 3 N–H and O–H groups in total. The molecule has 0 aliphatic rings. The Morgan fingerprint density at radius 3 is 2.94 bits per heavy atom. The van der Waals surface area contributed by atoms with E-state index in [1.807, 2.05) is 18.2 Å². The molecule has 0 saturated carbocycles. The summed E-state index contributed by atoms with van der Waals surface area (Å²) in [6, 6.07) is 6.66. The monoisotopic (exact) mass is 234 g/mol. The van der Waals surface area contributed by atoms with Gasteiger partial charge in [-0.3, -0.25) is 4.79 Å². The molecule has 2 aromatic rings. The molecular formula is C12H14N2O3. The van der Waals surface area contributed by atoms with E-state index in [4.69, 9.17) is 5.73 Å². The van der Waals surface area contributed by atoms with Crippen molar-refractivity contribution in [2.24, 2.45) is 5.73 Å². The first kappa shape index (κ1) is 11.5. The number of nitrogens with two attached hydrogens (primary N) is 1. The van der Waals surface area contributed by atoms with Gasteiger partial charge in [0.1, 0.15) is 6.04 Å². The standard InChI is InChI=1S/C12H14N2O3/c1-17-12(15)10(13)6-8-7-14(16)11-5-3-2-4-9(8)11/h2-5,7,10,16H,6,13H2,1H3. The first-order chi connectivity index (χ1) is 8.13. The van der Waals surface area contributed by atoms with Crippen LogP contribution in [-0.4, -0.2) is 29.1 Å². The number of ether oxygens (including phenoxy) is 1. The molecule has 1 aromatic heterocycles. The fraction of sp³-hybridized carbons (Fsp3) is 0.250. The number of hydrogen-bond donors (Lipinski definition) is 2. The number of carbonyl (C=O) groups excluding carboxylic acids is 1. The van der Waals surface area contributed by atoms with Crippen LogP contribution in [0.3, 0.4) is 0 Å². The predicted octanol–water partition coefficient (Wildman–Crippen LogP) is 0.921. The Morgan fingerprint density at radius 1 is 1.53 bits per heavy atom. The number of carbonyl (C=O) groups is 1. The van der Waals surface area contributed by atoms with Crippen LogP contribution in [0, 0.1) is 0 Å². The van der Waals surface area contributed by atoms with Gasteiger partial charge in [0, 0.05) is 18.0 Å². The van der Waals surface area contributed by atoms with E-state index in [1.54, 1.807) is 12.3 Å². The Kier molecular flexibility index (Phi) is 3.01. The summed E-state index contributed by atoms with van der Waals surface area (Å²) in [6.07, 6.45) is 1.90. The van der Waals surface area contributed by atoms with E-state index in [0.29, 0.717) is 11.9 Å². The van der Waals surface area contributed by atoms with Gasteiger partial charge in [0.25, 0.3) is 0 Å². The van der Waals surface area contributed by atoms with Crippen molar-refractivity contribution in [3.05, 3.63) is 36.0 Å². The molecule has 0 bridgehead atoms. The maximum atomic E-state index is 11.2. The Balaban J connectivity index is 2.33. The zero-order valence-electron chi connectivity index (χ0n) is 9.46. The lowest BCUT2D eigenvalue weighted by Gasteiger charge is -2.07. The maximum Gasteiger partial charge on any atom is 0.322 e. The highest BCUT2D eigenvalue weighted by atomic mass is 16.5. The van der Waals surface area contributed by atoms with Gasteiger partial charge in [0.15, 0.2) is 0 Å². The van der Waals surface area contributed by atoms with Crippen LogP contribution in [0.4, 0.5) is 0 Å². The molecule has 90 valence electrons. The van der Waals surface area contributed by atoms with Crippen LogP contribution >= 0.6 is 0 Å².